The number of oxime groups is 1. The van der Waals surface area contributed by atoms with Gasteiger partial charge in [-0.2, -0.15) is 0 Å². The molecule has 0 bridgehead atoms. The molecule has 1 aromatic heterocycles. The summed E-state index contributed by atoms with van der Waals surface area (Å²) in [6.45, 7) is 4.35. The summed E-state index contributed by atoms with van der Waals surface area (Å²) < 4.78 is 0. The maximum atomic E-state index is 8.65. The van der Waals surface area contributed by atoms with Crippen LogP contribution in [0.25, 0.3) is 0 Å². The number of aromatic nitrogens is 1. The van der Waals surface area contributed by atoms with Crippen molar-refractivity contribution in [3.05, 3.63) is 24.0 Å². The number of anilines is 1. The first-order valence-electron chi connectivity index (χ1n) is 7.71. The van der Waals surface area contributed by atoms with E-state index in [0.29, 0.717) is 5.69 Å². The zero-order chi connectivity index (χ0) is 14.7. The van der Waals surface area contributed by atoms with Gasteiger partial charge in [-0.15, -0.1) is 0 Å². The van der Waals surface area contributed by atoms with Crippen LogP contribution in [0.3, 0.4) is 0 Å². The van der Waals surface area contributed by atoms with Crippen molar-refractivity contribution in [1.29, 1.82) is 0 Å². The number of pyridine rings is 1. The average molecular weight is 289 g/mol. The van der Waals surface area contributed by atoms with Gasteiger partial charge in [0.05, 0.1) is 11.9 Å². The minimum absolute atomic E-state index is 0.0487. The summed E-state index contributed by atoms with van der Waals surface area (Å²) in [6, 6.07) is 4.60. The maximum absolute atomic E-state index is 8.65. The summed E-state index contributed by atoms with van der Waals surface area (Å²) in [5.41, 5.74) is 7.14. The Morgan fingerprint density at radius 1 is 1.19 bits per heavy atom. The van der Waals surface area contributed by atoms with Gasteiger partial charge in [0.2, 0.25) is 0 Å². The molecule has 0 atom stereocenters. The van der Waals surface area contributed by atoms with Crippen LogP contribution in [0.5, 0.6) is 0 Å². The lowest BCUT2D eigenvalue weighted by Crippen LogP contribution is -2.49. The lowest BCUT2D eigenvalue weighted by molar-refractivity contribution is 0.187. The van der Waals surface area contributed by atoms with E-state index in [0.717, 1.165) is 37.9 Å². The highest BCUT2D eigenvalue weighted by atomic mass is 16.4. The zero-order valence-corrected chi connectivity index (χ0v) is 12.3. The first kappa shape index (κ1) is 14.1. The van der Waals surface area contributed by atoms with Crippen molar-refractivity contribution in [2.24, 2.45) is 10.9 Å². The second-order valence-electron chi connectivity index (χ2n) is 5.85. The minimum atomic E-state index is 0.0487. The standard InChI is InChI=1S/C15H23N5O/c16-15(18-21)14-6-5-13(11-17-14)20-9-7-19(8-10-20)12-3-1-2-4-12/h5-6,11-12,21H,1-4,7-10H2,(H2,16,18). The van der Waals surface area contributed by atoms with Crippen molar-refractivity contribution < 1.29 is 5.21 Å². The molecule has 6 nitrogen and oxygen atoms in total. The molecule has 1 aliphatic carbocycles. The third-order valence-electron chi connectivity index (χ3n) is 4.64. The van der Waals surface area contributed by atoms with E-state index in [-0.39, 0.29) is 5.84 Å². The van der Waals surface area contributed by atoms with Gasteiger partial charge in [-0.05, 0) is 25.0 Å². The normalized spacial score (nSPS) is 21.9. The molecule has 0 unspecified atom stereocenters. The molecule has 0 amide bonds. The van der Waals surface area contributed by atoms with Gasteiger partial charge in [-0.1, -0.05) is 18.0 Å². The fourth-order valence-corrected chi connectivity index (χ4v) is 3.39. The average Bonchev–Trinajstić information content (AvgIpc) is 3.09. The Labute approximate surface area is 125 Å². The van der Waals surface area contributed by atoms with Crippen molar-refractivity contribution in [2.75, 3.05) is 31.1 Å². The maximum Gasteiger partial charge on any atom is 0.188 e. The molecular formula is C15H23N5O. The molecule has 21 heavy (non-hydrogen) atoms. The zero-order valence-electron chi connectivity index (χ0n) is 12.3. The molecule has 2 heterocycles. The third kappa shape index (κ3) is 3.10. The Morgan fingerprint density at radius 2 is 1.90 bits per heavy atom. The smallest absolute Gasteiger partial charge is 0.188 e. The molecule has 0 spiro atoms. The predicted octanol–water partition coefficient (Wildman–Crippen LogP) is 1.24. The molecule has 2 fully saturated rings. The van der Waals surface area contributed by atoms with Crippen molar-refractivity contribution in [3.8, 4) is 0 Å². The molecule has 3 N–H and O–H groups in total. The SMILES string of the molecule is N/C(=N/O)c1ccc(N2CCN(C3CCCC3)CC2)cn1. The van der Waals surface area contributed by atoms with Gasteiger partial charge in [-0.3, -0.25) is 9.88 Å². The quantitative estimate of drug-likeness (QED) is 0.379. The van der Waals surface area contributed by atoms with Crippen LogP contribution in [0.1, 0.15) is 31.4 Å². The van der Waals surface area contributed by atoms with Crippen LogP contribution in [-0.2, 0) is 0 Å². The topological polar surface area (TPSA) is 78.0 Å². The first-order chi connectivity index (χ1) is 10.3. The fourth-order valence-electron chi connectivity index (χ4n) is 3.39. The highest BCUT2D eigenvalue weighted by Gasteiger charge is 2.26. The van der Waals surface area contributed by atoms with Crippen molar-refractivity contribution >= 4 is 11.5 Å². The number of nitrogens with zero attached hydrogens (tertiary/aromatic N) is 4. The second-order valence-corrected chi connectivity index (χ2v) is 5.85. The van der Waals surface area contributed by atoms with Crippen LogP contribution in [-0.4, -0.2) is 53.1 Å². The number of hydrogen-bond donors (Lipinski definition) is 2. The summed E-state index contributed by atoms with van der Waals surface area (Å²) in [6.07, 6.45) is 7.33. The van der Waals surface area contributed by atoms with E-state index in [4.69, 9.17) is 10.9 Å². The van der Waals surface area contributed by atoms with E-state index in [1.54, 1.807) is 12.3 Å². The summed E-state index contributed by atoms with van der Waals surface area (Å²) in [7, 11) is 0. The van der Waals surface area contributed by atoms with Gasteiger partial charge in [0.1, 0.15) is 5.69 Å². The molecule has 0 radical (unpaired) electrons. The van der Waals surface area contributed by atoms with Gasteiger partial charge in [-0.25, -0.2) is 0 Å². The van der Waals surface area contributed by atoms with Gasteiger partial charge < -0.3 is 15.8 Å². The Kier molecular flexibility index (Phi) is 4.24. The van der Waals surface area contributed by atoms with Crippen LogP contribution >= 0.6 is 0 Å². The highest BCUT2D eigenvalue weighted by molar-refractivity contribution is 5.95. The molecule has 1 saturated carbocycles. The number of amidine groups is 1. The summed E-state index contributed by atoms with van der Waals surface area (Å²) in [4.78, 5) is 9.25. The lowest BCUT2D eigenvalue weighted by Gasteiger charge is -2.39. The van der Waals surface area contributed by atoms with Crippen LogP contribution in [0, 0.1) is 0 Å². The number of piperazine rings is 1. The van der Waals surface area contributed by atoms with E-state index in [9.17, 15) is 0 Å². The Hall–Kier alpha value is -1.82. The van der Waals surface area contributed by atoms with Gasteiger partial charge in [0.15, 0.2) is 5.84 Å². The van der Waals surface area contributed by atoms with Crippen LogP contribution < -0.4 is 10.6 Å². The van der Waals surface area contributed by atoms with E-state index in [1.807, 2.05) is 6.07 Å². The van der Waals surface area contributed by atoms with E-state index in [1.165, 1.54) is 25.7 Å². The van der Waals surface area contributed by atoms with E-state index >= 15 is 0 Å². The van der Waals surface area contributed by atoms with Gasteiger partial charge in [0, 0.05) is 32.2 Å². The number of rotatable bonds is 3. The molecule has 6 heteroatoms. The van der Waals surface area contributed by atoms with Crippen LogP contribution in [0.4, 0.5) is 5.69 Å². The Morgan fingerprint density at radius 3 is 2.48 bits per heavy atom. The number of hydrogen-bond acceptors (Lipinski definition) is 5. The predicted molar refractivity (Wildman–Crippen MR) is 82.8 cm³/mol. The third-order valence-corrected chi connectivity index (χ3v) is 4.64. The Balaban J connectivity index is 1.58. The fraction of sp³-hybridized carbons (Fsp3) is 0.600. The molecule has 0 aromatic carbocycles. The molecule has 1 saturated heterocycles. The summed E-state index contributed by atoms with van der Waals surface area (Å²) in [5.74, 6) is 0.0487. The van der Waals surface area contributed by atoms with Crippen LogP contribution in [0.15, 0.2) is 23.5 Å². The molecule has 1 aliphatic heterocycles. The summed E-state index contributed by atoms with van der Waals surface area (Å²) in [5, 5.41) is 11.6. The highest BCUT2D eigenvalue weighted by Crippen LogP contribution is 2.25. The largest absolute Gasteiger partial charge is 0.409 e. The van der Waals surface area contributed by atoms with Crippen molar-refractivity contribution in [2.45, 2.75) is 31.7 Å². The molecule has 2 aliphatic rings. The van der Waals surface area contributed by atoms with Crippen LogP contribution in [0.2, 0.25) is 0 Å². The molecule has 3 rings (SSSR count). The van der Waals surface area contributed by atoms with Gasteiger partial charge >= 0.3 is 0 Å². The molecule has 114 valence electrons. The molecular weight excluding hydrogens is 266 g/mol. The van der Waals surface area contributed by atoms with Crippen molar-refractivity contribution in [3.63, 3.8) is 0 Å². The first-order valence-corrected chi connectivity index (χ1v) is 7.71. The minimum Gasteiger partial charge on any atom is -0.409 e. The molecule has 1 aromatic rings. The van der Waals surface area contributed by atoms with Gasteiger partial charge in [0.25, 0.3) is 0 Å². The van der Waals surface area contributed by atoms with Crippen molar-refractivity contribution in [1.82, 2.24) is 9.88 Å². The monoisotopic (exact) mass is 289 g/mol. The number of nitrogens with two attached hydrogens (primary N) is 1. The summed E-state index contributed by atoms with van der Waals surface area (Å²) >= 11 is 0. The second kappa shape index (κ2) is 6.30. The Bertz CT molecular complexity index is 487. The van der Waals surface area contributed by atoms with E-state index in [2.05, 4.69) is 19.9 Å². The lowest BCUT2D eigenvalue weighted by atomic mass is 10.1. The van der Waals surface area contributed by atoms with E-state index < -0.39 is 0 Å².